The molecule has 0 bridgehead atoms. The molecule has 0 saturated heterocycles. The first kappa shape index (κ1) is 25.3. The number of fused-ring (bicyclic) bond motifs is 3. The Hall–Kier alpha value is -4.01. The molecule has 0 fully saturated rings. The van der Waals surface area contributed by atoms with Gasteiger partial charge >= 0.3 is 0 Å². The number of aryl methyl sites for hydroxylation is 1. The smallest absolute Gasteiger partial charge is 0.270 e. The van der Waals surface area contributed by atoms with Gasteiger partial charge in [0.1, 0.15) is 23.2 Å². The molecule has 7 nitrogen and oxygen atoms in total. The van der Waals surface area contributed by atoms with E-state index in [-0.39, 0.29) is 17.7 Å². The fraction of sp³-hybridized carbons (Fsp3) is 0.367. The molecule has 1 N–H and O–H groups in total. The van der Waals surface area contributed by atoms with E-state index in [1.54, 1.807) is 18.0 Å². The van der Waals surface area contributed by atoms with Crippen LogP contribution in [0.25, 0.3) is 0 Å². The van der Waals surface area contributed by atoms with Gasteiger partial charge in [0.25, 0.3) is 5.91 Å². The van der Waals surface area contributed by atoms with Crippen molar-refractivity contribution in [3.8, 4) is 0 Å². The monoisotopic (exact) mass is 529 g/mol. The summed E-state index contributed by atoms with van der Waals surface area (Å²) in [4.78, 5) is 41.6. The number of carbonyl (C=O) groups is 2. The summed E-state index contributed by atoms with van der Waals surface area (Å²) in [5.74, 6) is -1.18. The summed E-state index contributed by atoms with van der Waals surface area (Å²) in [5, 5.41) is 2.92. The van der Waals surface area contributed by atoms with Gasteiger partial charge in [-0.15, -0.1) is 0 Å². The number of nitrogens with zero attached hydrogens (tertiary/aromatic N) is 4. The molecule has 1 aromatic carbocycles. The average molecular weight is 530 g/mol. The van der Waals surface area contributed by atoms with E-state index in [1.807, 2.05) is 32.2 Å². The molecule has 2 amide bonds. The summed E-state index contributed by atoms with van der Waals surface area (Å²) >= 11 is 0. The van der Waals surface area contributed by atoms with Gasteiger partial charge in [0, 0.05) is 54.2 Å². The van der Waals surface area contributed by atoms with Crippen molar-refractivity contribution in [1.82, 2.24) is 14.9 Å². The summed E-state index contributed by atoms with van der Waals surface area (Å²) in [6.45, 7) is 5.85. The van der Waals surface area contributed by atoms with Crippen LogP contribution in [0.3, 0.4) is 0 Å². The second-order valence-corrected chi connectivity index (χ2v) is 11.1. The van der Waals surface area contributed by atoms with Crippen LogP contribution in [-0.2, 0) is 39.9 Å². The normalized spacial score (nSPS) is 23.4. The topological polar surface area (TPSA) is 87.6 Å². The fourth-order valence-corrected chi connectivity index (χ4v) is 6.17. The molecule has 1 unspecified atom stereocenters. The van der Waals surface area contributed by atoms with Gasteiger partial charge in [-0.05, 0) is 55.5 Å². The summed E-state index contributed by atoms with van der Waals surface area (Å²) in [6.07, 6.45) is 5.86. The minimum atomic E-state index is -1.19. The number of nitrogens with one attached hydrogen (secondary N) is 1. The van der Waals surface area contributed by atoms with E-state index in [2.05, 4.69) is 21.4 Å². The first-order chi connectivity index (χ1) is 18.6. The predicted octanol–water partition coefficient (Wildman–Crippen LogP) is 4.49. The SMILES string of the molecule is CC(C)C1=N[C@@](C)(c2cc(F)cc(F)c2)N(CCCc2cnc3c(c2)CC2(C3)C(=O)Nc3ncccc32)C1=O. The number of anilines is 1. The number of hydrogen-bond acceptors (Lipinski definition) is 5. The van der Waals surface area contributed by atoms with Crippen LogP contribution >= 0.6 is 0 Å². The van der Waals surface area contributed by atoms with E-state index in [4.69, 9.17) is 4.98 Å². The van der Waals surface area contributed by atoms with Crippen molar-refractivity contribution in [2.45, 2.75) is 57.5 Å². The van der Waals surface area contributed by atoms with Crippen molar-refractivity contribution in [2.75, 3.05) is 11.9 Å². The molecule has 9 heteroatoms. The van der Waals surface area contributed by atoms with Crippen molar-refractivity contribution in [2.24, 2.45) is 10.9 Å². The quantitative estimate of drug-likeness (QED) is 0.510. The minimum absolute atomic E-state index is 0.0441. The molecule has 3 aliphatic rings. The van der Waals surface area contributed by atoms with E-state index < -0.39 is 22.7 Å². The largest absolute Gasteiger partial charge is 0.310 e. The highest BCUT2D eigenvalue weighted by Gasteiger charge is 2.51. The molecule has 1 spiro atoms. The average Bonchev–Trinajstić information content (AvgIpc) is 3.49. The third-order valence-electron chi connectivity index (χ3n) is 8.20. The number of aromatic nitrogens is 2. The fourth-order valence-electron chi connectivity index (χ4n) is 6.17. The van der Waals surface area contributed by atoms with Gasteiger partial charge in [-0.1, -0.05) is 26.0 Å². The third-order valence-corrected chi connectivity index (χ3v) is 8.20. The van der Waals surface area contributed by atoms with E-state index >= 15 is 0 Å². The Labute approximate surface area is 225 Å². The van der Waals surface area contributed by atoms with E-state index in [0.717, 1.165) is 28.5 Å². The molecular weight excluding hydrogens is 500 g/mol. The lowest BCUT2D eigenvalue weighted by Gasteiger charge is -2.33. The Morgan fingerprint density at radius 2 is 1.85 bits per heavy atom. The number of pyridine rings is 2. The van der Waals surface area contributed by atoms with Gasteiger partial charge < -0.3 is 10.2 Å². The molecule has 0 saturated carbocycles. The highest BCUT2D eigenvalue weighted by Crippen LogP contribution is 2.46. The van der Waals surface area contributed by atoms with Crippen molar-refractivity contribution < 1.29 is 18.4 Å². The van der Waals surface area contributed by atoms with Crippen molar-refractivity contribution >= 4 is 23.3 Å². The Bertz CT molecular complexity index is 1530. The molecule has 2 aromatic heterocycles. The molecule has 2 atom stereocenters. The lowest BCUT2D eigenvalue weighted by atomic mass is 9.80. The number of carbonyl (C=O) groups excluding carboxylic acids is 2. The van der Waals surface area contributed by atoms with Crippen LogP contribution in [-0.4, -0.2) is 38.9 Å². The van der Waals surface area contributed by atoms with Gasteiger partial charge in [-0.25, -0.2) is 13.8 Å². The number of hydrogen-bond donors (Lipinski definition) is 1. The second-order valence-electron chi connectivity index (χ2n) is 11.1. The number of amides is 2. The first-order valence-corrected chi connectivity index (χ1v) is 13.2. The second kappa shape index (κ2) is 9.03. The zero-order chi connectivity index (χ0) is 27.5. The van der Waals surface area contributed by atoms with Gasteiger partial charge in [-0.2, -0.15) is 0 Å². The molecule has 3 aromatic rings. The van der Waals surface area contributed by atoms with Crippen LogP contribution in [0.15, 0.2) is 53.8 Å². The Kier molecular flexibility index (Phi) is 5.86. The zero-order valence-corrected chi connectivity index (χ0v) is 22.1. The standard InChI is InChI=1S/C30H29F2N5O2/c1-17(2)25-27(38)37(29(3,36-25)20-11-21(31)13-22(32)12-20)9-5-6-18-10-19-14-30(15-24(19)34-16-18)23-7-4-8-33-26(23)35-28(30)39/h4,7-8,10-13,16-17H,5-6,9,14-15H2,1-3H3,(H,33,35,39)/t29-,30?/m1/s1. The molecule has 1 aliphatic carbocycles. The van der Waals surface area contributed by atoms with Crippen molar-refractivity contribution in [3.63, 3.8) is 0 Å². The van der Waals surface area contributed by atoms with E-state index in [0.29, 0.717) is 49.3 Å². The Balaban J connectivity index is 1.20. The highest BCUT2D eigenvalue weighted by atomic mass is 19.1. The van der Waals surface area contributed by atoms with Gasteiger partial charge in [0.2, 0.25) is 5.91 Å². The summed E-state index contributed by atoms with van der Waals surface area (Å²) < 4.78 is 28.2. The van der Waals surface area contributed by atoms with Crippen LogP contribution < -0.4 is 5.32 Å². The van der Waals surface area contributed by atoms with Crippen LogP contribution in [0.5, 0.6) is 0 Å². The molecule has 2 aliphatic heterocycles. The van der Waals surface area contributed by atoms with Gasteiger partial charge in [0.15, 0.2) is 5.66 Å². The van der Waals surface area contributed by atoms with Crippen molar-refractivity contribution in [1.29, 1.82) is 0 Å². The van der Waals surface area contributed by atoms with Crippen LogP contribution in [0, 0.1) is 17.6 Å². The van der Waals surface area contributed by atoms with Crippen molar-refractivity contribution in [3.05, 3.63) is 88.4 Å². The maximum atomic E-state index is 14.1. The summed E-state index contributed by atoms with van der Waals surface area (Å²) in [5.41, 5.74) is 2.71. The number of aliphatic imine (C=N–C) groups is 1. The third kappa shape index (κ3) is 4.02. The number of halogens is 2. The summed E-state index contributed by atoms with van der Waals surface area (Å²) in [6, 6.07) is 9.20. The maximum absolute atomic E-state index is 14.1. The molecular formula is C30H29F2N5O2. The Morgan fingerprint density at radius 3 is 2.59 bits per heavy atom. The van der Waals surface area contributed by atoms with Crippen LogP contribution in [0.4, 0.5) is 14.6 Å². The van der Waals surface area contributed by atoms with Gasteiger partial charge in [0.05, 0.1) is 5.41 Å². The van der Waals surface area contributed by atoms with E-state index in [9.17, 15) is 18.4 Å². The maximum Gasteiger partial charge on any atom is 0.270 e. The van der Waals surface area contributed by atoms with Gasteiger partial charge in [-0.3, -0.25) is 19.6 Å². The van der Waals surface area contributed by atoms with Crippen LogP contribution in [0.1, 0.15) is 55.1 Å². The van der Waals surface area contributed by atoms with Crippen LogP contribution in [0.2, 0.25) is 0 Å². The number of rotatable bonds is 6. The molecule has 200 valence electrons. The van der Waals surface area contributed by atoms with E-state index in [1.165, 1.54) is 12.1 Å². The first-order valence-electron chi connectivity index (χ1n) is 13.2. The lowest BCUT2D eigenvalue weighted by Crippen LogP contribution is -2.44. The molecule has 6 rings (SSSR count). The Morgan fingerprint density at radius 1 is 1.08 bits per heavy atom. The molecule has 0 radical (unpaired) electrons. The lowest BCUT2D eigenvalue weighted by molar-refractivity contribution is -0.128. The summed E-state index contributed by atoms with van der Waals surface area (Å²) in [7, 11) is 0. The number of benzene rings is 1. The molecule has 4 heterocycles. The highest BCUT2D eigenvalue weighted by molar-refractivity contribution is 6.41. The molecule has 39 heavy (non-hydrogen) atoms. The zero-order valence-electron chi connectivity index (χ0n) is 22.1. The predicted molar refractivity (Wildman–Crippen MR) is 142 cm³/mol. The minimum Gasteiger partial charge on any atom is -0.310 e.